The lowest BCUT2D eigenvalue weighted by molar-refractivity contribution is -0.126. The van der Waals surface area contributed by atoms with Gasteiger partial charge in [0.15, 0.2) is 0 Å². The van der Waals surface area contributed by atoms with Crippen molar-refractivity contribution in [3.63, 3.8) is 0 Å². The number of nitrogens with one attached hydrogen (secondary N) is 2. The third-order valence-corrected chi connectivity index (χ3v) is 7.79. The smallest absolute Gasteiger partial charge is 0.223 e. The number of rotatable bonds is 8. The maximum Gasteiger partial charge on any atom is 0.223 e. The fourth-order valence-corrected chi connectivity index (χ4v) is 5.74. The molecular weight excluding hydrogens is 456 g/mol. The fraction of sp³-hybridized carbons (Fsp3) is 0.281. The number of carbonyl (C=O) groups excluding carboxylic acids is 1. The monoisotopic (exact) mass is 490 g/mol. The largest absolute Gasteiger partial charge is 0.361 e. The van der Waals surface area contributed by atoms with Crippen molar-refractivity contribution in [2.45, 2.75) is 32.4 Å². The second-order valence-electron chi connectivity index (χ2n) is 10.2. The van der Waals surface area contributed by atoms with Gasteiger partial charge in [-0.05, 0) is 67.1 Å². The van der Waals surface area contributed by atoms with Crippen LogP contribution < -0.4 is 5.32 Å². The van der Waals surface area contributed by atoms with E-state index in [0.717, 1.165) is 51.0 Å². The van der Waals surface area contributed by atoms with Crippen LogP contribution in [0, 0.1) is 5.92 Å². The third-order valence-electron chi connectivity index (χ3n) is 7.79. The second-order valence-corrected chi connectivity index (χ2v) is 10.2. The molecular formula is C32H34N4O. The van der Waals surface area contributed by atoms with Crippen molar-refractivity contribution < 1.29 is 4.79 Å². The Labute approximate surface area is 218 Å². The van der Waals surface area contributed by atoms with Gasteiger partial charge < -0.3 is 14.9 Å². The van der Waals surface area contributed by atoms with Crippen LogP contribution in [0.15, 0.2) is 91.1 Å². The number of aromatic amines is 1. The highest BCUT2D eigenvalue weighted by atomic mass is 16.1. The minimum absolute atomic E-state index is 0.106. The molecule has 1 fully saturated rings. The van der Waals surface area contributed by atoms with Gasteiger partial charge in [-0.1, -0.05) is 66.7 Å². The summed E-state index contributed by atoms with van der Waals surface area (Å²) in [6.45, 7) is 4.37. The predicted molar refractivity (Wildman–Crippen MR) is 150 cm³/mol. The number of H-pyrrole nitrogens is 1. The molecule has 188 valence electrons. The lowest BCUT2D eigenvalue weighted by atomic mass is 9.95. The van der Waals surface area contributed by atoms with Gasteiger partial charge in [-0.2, -0.15) is 0 Å². The summed E-state index contributed by atoms with van der Waals surface area (Å²) in [5.74, 6) is 0.312. The molecule has 5 nitrogen and oxygen atoms in total. The van der Waals surface area contributed by atoms with Gasteiger partial charge >= 0.3 is 0 Å². The average Bonchev–Trinajstić information content (AvgIpc) is 3.51. The Morgan fingerprint density at radius 1 is 0.892 bits per heavy atom. The molecule has 6 rings (SSSR count). The second kappa shape index (κ2) is 10.7. The number of hydrogen-bond donors (Lipinski definition) is 2. The van der Waals surface area contributed by atoms with Gasteiger partial charge in [-0.25, -0.2) is 0 Å². The SMILES string of the molecule is O=C(NCCc1c[nH]c2ccccc12)C1CCN(Cc2cc3ccccc3n2Cc2ccccc2)CC1. The van der Waals surface area contributed by atoms with Crippen molar-refractivity contribution in [3.05, 3.63) is 108 Å². The van der Waals surface area contributed by atoms with Crippen LogP contribution in [0.4, 0.5) is 0 Å². The van der Waals surface area contributed by atoms with Crippen LogP contribution in [-0.2, 0) is 24.3 Å². The summed E-state index contributed by atoms with van der Waals surface area (Å²) in [6, 6.07) is 30.0. The van der Waals surface area contributed by atoms with E-state index in [1.54, 1.807) is 0 Å². The zero-order valence-electron chi connectivity index (χ0n) is 21.2. The molecule has 1 saturated heterocycles. The number of nitrogens with zero attached hydrogens (tertiary/aromatic N) is 2. The summed E-state index contributed by atoms with van der Waals surface area (Å²) < 4.78 is 2.45. The number of para-hydroxylation sites is 2. The van der Waals surface area contributed by atoms with Crippen LogP contribution in [-0.4, -0.2) is 40.0 Å². The van der Waals surface area contributed by atoms with Crippen LogP contribution in [0.25, 0.3) is 21.8 Å². The van der Waals surface area contributed by atoms with Crippen LogP contribution in [0.3, 0.4) is 0 Å². The van der Waals surface area contributed by atoms with E-state index in [1.807, 2.05) is 6.07 Å². The van der Waals surface area contributed by atoms with Gasteiger partial charge in [-0.15, -0.1) is 0 Å². The number of piperidine rings is 1. The number of benzene rings is 3. The highest BCUT2D eigenvalue weighted by molar-refractivity contribution is 5.83. The zero-order chi connectivity index (χ0) is 25.0. The number of likely N-dealkylation sites (tertiary alicyclic amines) is 1. The molecule has 2 aromatic heterocycles. The fourth-order valence-electron chi connectivity index (χ4n) is 5.74. The van der Waals surface area contributed by atoms with Crippen molar-refractivity contribution in [2.24, 2.45) is 5.92 Å². The van der Waals surface area contributed by atoms with Crippen molar-refractivity contribution in [2.75, 3.05) is 19.6 Å². The molecule has 2 N–H and O–H groups in total. The first-order chi connectivity index (χ1) is 18.2. The minimum Gasteiger partial charge on any atom is -0.361 e. The van der Waals surface area contributed by atoms with E-state index in [1.165, 1.54) is 33.1 Å². The van der Waals surface area contributed by atoms with Crippen molar-refractivity contribution in [1.82, 2.24) is 19.8 Å². The van der Waals surface area contributed by atoms with E-state index >= 15 is 0 Å². The van der Waals surface area contributed by atoms with Gasteiger partial charge in [0.2, 0.25) is 5.91 Å². The van der Waals surface area contributed by atoms with E-state index in [9.17, 15) is 4.79 Å². The lowest BCUT2D eigenvalue weighted by Gasteiger charge is -2.31. The predicted octanol–water partition coefficient (Wildman–Crippen LogP) is 5.74. The first-order valence-electron chi connectivity index (χ1n) is 13.4. The molecule has 0 atom stereocenters. The Hall–Kier alpha value is -3.83. The van der Waals surface area contributed by atoms with Crippen LogP contribution in [0.1, 0.15) is 29.7 Å². The molecule has 0 spiro atoms. The normalized spacial score (nSPS) is 14.9. The molecule has 5 aromatic rings. The summed E-state index contributed by atoms with van der Waals surface area (Å²) in [4.78, 5) is 18.7. The van der Waals surface area contributed by atoms with Crippen molar-refractivity contribution in [1.29, 1.82) is 0 Å². The Bertz CT molecular complexity index is 1490. The molecule has 5 heteroatoms. The first-order valence-corrected chi connectivity index (χ1v) is 13.4. The quantitative estimate of drug-likeness (QED) is 0.291. The van der Waals surface area contributed by atoms with Gasteiger partial charge in [0, 0.05) is 53.9 Å². The highest BCUT2D eigenvalue weighted by Crippen LogP contribution is 2.25. The van der Waals surface area contributed by atoms with E-state index in [0.29, 0.717) is 6.54 Å². The minimum atomic E-state index is 0.106. The molecule has 1 amide bonds. The average molecular weight is 491 g/mol. The molecule has 0 unspecified atom stereocenters. The maximum absolute atomic E-state index is 12.9. The van der Waals surface area contributed by atoms with Gasteiger partial charge in [0.1, 0.15) is 0 Å². The van der Waals surface area contributed by atoms with E-state index in [-0.39, 0.29) is 11.8 Å². The number of amides is 1. The highest BCUT2D eigenvalue weighted by Gasteiger charge is 2.25. The van der Waals surface area contributed by atoms with Crippen LogP contribution in [0.2, 0.25) is 0 Å². The number of aromatic nitrogens is 2. The molecule has 0 aliphatic carbocycles. The van der Waals surface area contributed by atoms with Crippen LogP contribution in [0.5, 0.6) is 0 Å². The Morgan fingerprint density at radius 3 is 2.51 bits per heavy atom. The Balaban J connectivity index is 1.04. The molecule has 1 aliphatic rings. The van der Waals surface area contributed by atoms with Crippen molar-refractivity contribution in [3.8, 4) is 0 Å². The van der Waals surface area contributed by atoms with Gasteiger partial charge in [0.05, 0.1) is 0 Å². The molecule has 0 radical (unpaired) electrons. The van der Waals surface area contributed by atoms with Crippen molar-refractivity contribution >= 4 is 27.7 Å². The molecule has 1 aliphatic heterocycles. The molecule has 3 aromatic carbocycles. The Kier molecular flexibility index (Phi) is 6.78. The molecule has 0 saturated carbocycles. The van der Waals surface area contributed by atoms with E-state index in [4.69, 9.17) is 0 Å². The number of hydrogen-bond acceptors (Lipinski definition) is 2. The number of carbonyl (C=O) groups is 1. The zero-order valence-corrected chi connectivity index (χ0v) is 21.2. The standard InChI is InChI=1S/C32H34N4O/c37-32(33-17-14-27-21-34-30-12-6-5-11-29(27)30)25-15-18-35(19-16-25)23-28-20-26-10-4-7-13-31(26)36(28)22-24-8-2-1-3-9-24/h1-13,20-21,25,34H,14-19,22-23H2,(H,33,37). The van der Waals surface area contributed by atoms with E-state index < -0.39 is 0 Å². The Morgan fingerprint density at radius 2 is 1.65 bits per heavy atom. The van der Waals surface area contributed by atoms with Gasteiger partial charge in [0.25, 0.3) is 0 Å². The van der Waals surface area contributed by atoms with E-state index in [2.05, 4.69) is 105 Å². The van der Waals surface area contributed by atoms with Crippen LogP contribution >= 0.6 is 0 Å². The first kappa shape index (κ1) is 23.6. The lowest BCUT2D eigenvalue weighted by Crippen LogP contribution is -2.40. The summed E-state index contributed by atoms with van der Waals surface area (Å²) in [5, 5.41) is 5.73. The topological polar surface area (TPSA) is 53.1 Å². The summed E-state index contributed by atoms with van der Waals surface area (Å²) in [6.07, 6.45) is 4.74. The molecule has 3 heterocycles. The molecule has 37 heavy (non-hydrogen) atoms. The summed E-state index contributed by atoms with van der Waals surface area (Å²) >= 11 is 0. The maximum atomic E-state index is 12.9. The molecule has 0 bridgehead atoms. The number of fused-ring (bicyclic) bond motifs is 2. The summed E-state index contributed by atoms with van der Waals surface area (Å²) in [5.41, 5.74) is 6.35. The van der Waals surface area contributed by atoms with Gasteiger partial charge in [-0.3, -0.25) is 9.69 Å². The third kappa shape index (κ3) is 5.18. The summed E-state index contributed by atoms with van der Waals surface area (Å²) in [7, 11) is 0.